The molecule has 0 saturated heterocycles. The molecule has 3 aromatic rings. The molecule has 0 atom stereocenters. The fourth-order valence-electron chi connectivity index (χ4n) is 2.36. The van der Waals surface area contributed by atoms with Gasteiger partial charge in [-0.25, -0.2) is 12.8 Å². The van der Waals surface area contributed by atoms with Gasteiger partial charge in [0.2, 0.25) is 0 Å². The topological polar surface area (TPSA) is 66.4 Å². The van der Waals surface area contributed by atoms with Crippen LogP contribution in [0.1, 0.15) is 0 Å². The summed E-state index contributed by atoms with van der Waals surface area (Å²) < 4.78 is 41.4. The molecular weight excluding hydrogens is 400 g/mol. The molecule has 8 heteroatoms. The van der Waals surface area contributed by atoms with E-state index in [-0.39, 0.29) is 15.7 Å². The number of aromatic hydroxyl groups is 1. The van der Waals surface area contributed by atoms with E-state index in [0.717, 1.165) is 17.7 Å². The zero-order valence-electron chi connectivity index (χ0n) is 13.1. The molecule has 3 rings (SSSR count). The molecular formula is C18H12Cl2FNO3S. The summed E-state index contributed by atoms with van der Waals surface area (Å²) in [7, 11) is -4.32. The molecule has 0 amide bonds. The Morgan fingerprint density at radius 1 is 0.923 bits per heavy atom. The van der Waals surface area contributed by atoms with E-state index in [2.05, 4.69) is 4.72 Å². The van der Waals surface area contributed by atoms with E-state index in [1.807, 2.05) is 30.3 Å². The highest BCUT2D eigenvalue weighted by atomic mass is 35.5. The molecule has 0 aliphatic heterocycles. The average molecular weight is 412 g/mol. The SMILES string of the molecule is O=S(=O)(Nc1cc(-c2ccccc2)ccc1F)c1cc(Cl)cc(Cl)c1O. The Morgan fingerprint density at radius 2 is 1.62 bits per heavy atom. The quantitative estimate of drug-likeness (QED) is 0.611. The van der Waals surface area contributed by atoms with Gasteiger partial charge in [-0.3, -0.25) is 4.72 Å². The minimum atomic E-state index is -4.32. The third-order valence-electron chi connectivity index (χ3n) is 3.60. The second-order valence-corrected chi connectivity index (χ2v) is 7.89. The molecule has 0 saturated carbocycles. The number of phenolic OH excluding ortho intramolecular Hbond substituents is 1. The molecule has 2 N–H and O–H groups in total. The first kappa shape index (κ1) is 18.5. The summed E-state index contributed by atoms with van der Waals surface area (Å²) in [5, 5.41) is 9.73. The molecule has 0 aliphatic rings. The van der Waals surface area contributed by atoms with E-state index in [1.54, 1.807) is 0 Å². The van der Waals surface area contributed by atoms with E-state index in [1.165, 1.54) is 18.2 Å². The maximum absolute atomic E-state index is 14.1. The van der Waals surface area contributed by atoms with Gasteiger partial charge in [-0.2, -0.15) is 0 Å². The second kappa shape index (κ2) is 7.15. The summed E-state index contributed by atoms with van der Waals surface area (Å²) >= 11 is 11.6. The van der Waals surface area contributed by atoms with Crippen molar-refractivity contribution >= 4 is 38.9 Å². The second-order valence-electron chi connectivity index (χ2n) is 5.40. The molecule has 134 valence electrons. The fraction of sp³-hybridized carbons (Fsp3) is 0. The van der Waals surface area contributed by atoms with Crippen LogP contribution in [-0.2, 0) is 10.0 Å². The molecule has 0 spiro atoms. The third-order valence-corrected chi connectivity index (χ3v) is 5.49. The molecule has 0 bridgehead atoms. The zero-order valence-corrected chi connectivity index (χ0v) is 15.4. The van der Waals surface area contributed by atoms with Crippen LogP contribution >= 0.6 is 23.2 Å². The number of halogens is 3. The average Bonchev–Trinajstić information content (AvgIpc) is 2.60. The van der Waals surface area contributed by atoms with E-state index in [0.29, 0.717) is 5.56 Å². The lowest BCUT2D eigenvalue weighted by molar-refractivity contribution is 0.459. The number of benzene rings is 3. The smallest absolute Gasteiger partial charge is 0.265 e. The van der Waals surface area contributed by atoms with Crippen molar-refractivity contribution in [2.75, 3.05) is 4.72 Å². The molecule has 4 nitrogen and oxygen atoms in total. The van der Waals surface area contributed by atoms with Gasteiger partial charge in [-0.15, -0.1) is 0 Å². The van der Waals surface area contributed by atoms with E-state index in [9.17, 15) is 17.9 Å². The van der Waals surface area contributed by atoms with Crippen LogP contribution in [0.25, 0.3) is 11.1 Å². The molecule has 0 radical (unpaired) electrons. The van der Waals surface area contributed by atoms with Crippen LogP contribution < -0.4 is 4.72 Å². The van der Waals surface area contributed by atoms with Crippen molar-refractivity contribution in [3.05, 3.63) is 76.5 Å². The minimum absolute atomic E-state index is 0.0201. The Balaban J connectivity index is 2.03. The van der Waals surface area contributed by atoms with Gasteiger partial charge in [-0.05, 0) is 35.4 Å². The van der Waals surface area contributed by atoms with Gasteiger partial charge in [0.25, 0.3) is 10.0 Å². The van der Waals surface area contributed by atoms with Crippen LogP contribution in [0.4, 0.5) is 10.1 Å². The first-order valence-electron chi connectivity index (χ1n) is 7.34. The molecule has 3 aromatic carbocycles. The minimum Gasteiger partial charge on any atom is -0.505 e. The highest BCUT2D eigenvalue weighted by molar-refractivity contribution is 7.92. The monoisotopic (exact) mass is 411 g/mol. The third kappa shape index (κ3) is 3.77. The first-order valence-corrected chi connectivity index (χ1v) is 9.57. The van der Waals surface area contributed by atoms with Gasteiger partial charge < -0.3 is 5.11 Å². The summed E-state index contributed by atoms with van der Waals surface area (Å²) in [5.74, 6) is -1.43. The Labute approximate surface area is 159 Å². The van der Waals surface area contributed by atoms with Gasteiger partial charge in [0.05, 0.1) is 10.7 Å². The number of nitrogens with one attached hydrogen (secondary N) is 1. The van der Waals surface area contributed by atoms with Crippen LogP contribution in [0, 0.1) is 5.82 Å². The lowest BCUT2D eigenvalue weighted by Crippen LogP contribution is -2.14. The van der Waals surface area contributed by atoms with Gasteiger partial charge in [0.15, 0.2) is 5.75 Å². The van der Waals surface area contributed by atoms with Crippen molar-refractivity contribution in [1.29, 1.82) is 0 Å². The van der Waals surface area contributed by atoms with E-state index in [4.69, 9.17) is 23.2 Å². The molecule has 26 heavy (non-hydrogen) atoms. The molecule has 0 heterocycles. The van der Waals surface area contributed by atoms with Crippen molar-refractivity contribution in [3.63, 3.8) is 0 Å². The van der Waals surface area contributed by atoms with Crippen LogP contribution in [0.2, 0.25) is 10.0 Å². The van der Waals surface area contributed by atoms with E-state index >= 15 is 0 Å². The number of hydrogen-bond acceptors (Lipinski definition) is 3. The number of rotatable bonds is 4. The first-order chi connectivity index (χ1) is 12.3. The summed E-state index contributed by atoms with van der Waals surface area (Å²) in [4.78, 5) is -0.542. The Morgan fingerprint density at radius 3 is 2.31 bits per heavy atom. The molecule has 0 aromatic heterocycles. The summed E-state index contributed by atoms with van der Waals surface area (Å²) in [5.41, 5.74) is 1.15. The summed E-state index contributed by atoms with van der Waals surface area (Å²) in [6, 6.07) is 15.4. The van der Waals surface area contributed by atoms with Crippen LogP contribution in [-0.4, -0.2) is 13.5 Å². The number of sulfonamides is 1. The lowest BCUT2D eigenvalue weighted by atomic mass is 10.1. The predicted molar refractivity (Wildman–Crippen MR) is 101 cm³/mol. The molecule has 0 unspecified atom stereocenters. The maximum Gasteiger partial charge on any atom is 0.265 e. The highest BCUT2D eigenvalue weighted by Crippen LogP contribution is 2.35. The molecule has 0 aliphatic carbocycles. The lowest BCUT2D eigenvalue weighted by Gasteiger charge is -2.13. The van der Waals surface area contributed by atoms with Crippen LogP contribution in [0.3, 0.4) is 0 Å². The van der Waals surface area contributed by atoms with Crippen molar-refractivity contribution < 1.29 is 17.9 Å². The van der Waals surface area contributed by atoms with Crippen LogP contribution in [0.5, 0.6) is 5.75 Å². The standard InChI is InChI=1S/C18H12Cl2FNO3S/c19-13-9-14(20)18(23)17(10-13)26(24,25)22-16-8-12(6-7-15(16)21)11-4-2-1-3-5-11/h1-10,22-23H. The zero-order chi connectivity index (χ0) is 18.9. The Bertz CT molecular complexity index is 1070. The van der Waals surface area contributed by atoms with Crippen molar-refractivity contribution in [2.24, 2.45) is 0 Å². The van der Waals surface area contributed by atoms with Gasteiger partial charge >= 0.3 is 0 Å². The highest BCUT2D eigenvalue weighted by Gasteiger charge is 2.23. The van der Waals surface area contributed by atoms with Gasteiger partial charge in [0, 0.05) is 5.02 Å². The Hall–Kier alpha value is -2.28. The number of anilines is 1. The molecule has 0 fully saturated rings. The Kier molecular flexibility index (Phi) is 5.09. The predicted octanol–water partition coefficient (Wildman–Crippen LogP) is 5.31. The van der Waals surface area contributed by atoms with Gasteiger partial charge in [0.1, 0.15) is 10.7 Å². The van der Waals surface area contributed by atoms with Crippen LogP contribution in [0.15, 0.2) is 65.6 Å². The number of hydrogen-bond donors (Lipinski definition) is 2. The maximum atomic E-state index is 14.1. The number of phenols is 1. The summed E-state index contributed by atoms with van der Waals surface area (Å²) in [6.45, 7) is 0. The van der Waals surface area contributed by atoms with Crippen molar-refractivity contribution in [1.82, 2.24) is 0 Å². The van der Waals surface area contributed by atoms with Gasteiger partial charge in [-0.1, -0.05) is 59.6 Å². The van der Waals surface area contributed by atoms with E-state index < -0.39 is 26.5 Å². The summed E-state index contributed by atoms with van der Waals surface area (Å²) in [6.07, 6.45) is 0. The normalized spacial score (nSPS) is 11.3. The fourth-order valence-corrected chi connectivity index (χ4v) is 4.18. The van der Waals surface area contributed by atoms with Crippen molar-refractivity contribution in [3.8, 4) is 16.9 Å². The van der Waals surface area contributed by atoms with Crippen molar-refractivity contribution in [2.45, 2.75) is 4.90 Å². The largest absolute Gasteiger partial charge is 0.505 e.